The molecule has 2 amide bonds. The van der Waals surface area contributed by atoms with Crippen LogP contribution in [0.4, 0.5) is 28.7 Å². The molecule has 0 saturated carbocycles. The van der Waals surface area contributed by atoms with Crippen LogP contribution in [-0.4, -0.2) is 84.6 Å². The Kier molecular flexibility index (Phi) is 9.12. The number of allylic oxidation sites excluding steroid dienone is 3. The summed E-state index contributed by atoms with van der Waals surface area (Å²) in [5, 5.41) is 17.0. The molecule has 3 aliphatic rings. The van der Waals surface area contributed by atoms with E-state index in [1.807, 2.05) is 48.6 Å². The van der Waals surface area contributed by atoms with E-state index in [1.165, 1.54) is 6.08 Å². The molecule has 2 aliphatic heterocycles. The van der Waals surface area contributed by atoms with Crippen molar-refractivity contribution in [2.24, 2.45) is 0 Å². The van der Waals surface area contributed by atoms with E-state index in [2.05, 4.69) is 54.7 Å². The second kappa shape index (κ2) is 14.1. The minimum atomic E-state index is -0.368. The summed E-state index contributed by atoms with van der Waals surface area (Å²) >= 11 is 0. The summed E-state index contributed by atoms with van der Waals surface area (Å²) in [6, 6.07) is 15.8. The van der Waals surface area contributed by atoms with Gasteiger partial charge in [0.25, 0.3) is 5.91 Å². The minimum absolute atomic E-state index is 0.241. The zero-order valence-electron chi connectivity index (χ0n) is 26.5. The first-order chi connectivity index (χ1) is 23.5. The molecule has 1 aliphatic carbocycles. The second-order valence-electron chi connectivity index (χ2n) is 11.6. The van der Waals surface area contributed by atoms with Gasteiger partial charge < -0.3 is 35.2 Å². The van der Waals surface area contributed by atoms with E-state index in [9.17, 15) is 9.59 Å². The van der Waals surface area contributed by atoms with E-state index < -0.39 is 0 Å². The summed E-state index contributed by atoms with van der Waals surface area (Å²) in [6.07, 6.45) is 6.35. The average molecular weight is 648 g/mol. The van der Waals surface area contributed by atoms with Crippen LogP contribution in [-0.2, 0) is 14.3 Å². The highest BCUT2D eigenvalue weighted by Gasteiger charge is 2.24. The lowest BCUT2D eigenvalue weighted by Gasteiger charge is -2.29. The number of H-pyrrole nitrogens is 1. The Hall–Kier alpha value is -5.53. The molecule has 7 rings (SSSR count). The van der Waals surface area contributed by atoms with Crippen molar-refractivity contribution in [1.29, 1.82) is 0 Å². The number of anilines is 5. The van der Waals surface area contributed by atoms with Gasteiger partial charge in [-0.3, -0.25) is 14.7 Å². The molecular formula is C35H37N9O4. The number of ether oxygens (including phenoxy) is 2. The third-order valence-electron chi connectivity index (χ3n) is 8.49. The van der Waals surface area contributed by atoms with Crippen LogP contribution >= 0.6 is 0 Å². The number of fused-ring (bicyclic) bond motifs is 1. The molecule has 246 valence electrons. The smallest absolute Gasteiger partial charge is 0.274 e. The van der Waals surface area contributed by atoms with Gasteiger partial charge in [0.2, 0.25) is 11.9 Å². The van der Waals surface area contributed by atoms with Gasteiger partial charge in [0, 0.05) is 54.6 Å². The van der Waals surface area contributed by atoms with Gasteiger partial charge in [-0.15, -0.1) is 0 Å². The Balaban J connectivity index is 1.21. The maximum absolute atomic E-state index is 13.7. The SMILES string of the molecule is C=CC(=O)NC1=CCCC(c2nc(Nc3cccc(N4CCOCC4)c3)nc3n[nH]c(C(=O)Nc4ccc(N5CCOCC5)cc4)c23)=C1. The first-order valence-corrected chi connectivity index (χ1v) is 16.1. The molecule has 4 heterocycles. The molecule has 4 aromatic rings. The fourth-order valence-corrected chi connectivity index (χ4v) is 6.05. The van der Waals surface area contributed by atoms with Crippen molar-refractivity contribution < 1.29 is 19.1 Å². The summed E-state index contributed by atoms with van der Waals surface area (Å²) in [6.45, 7) is 9.62. The average Bonchev–Trinajstić information content (AvgIpc) is 3.57. The van der Waals surface area contributed by atoms with Crippen molar-refractivity contribution in [1.82, 2.24) is 25.5 Å². The van der Waals surface area contributed by atoms with Crippen molar-refractivity contribution in [3.8, 4) is 0 Å². The van der Waals surface area contributed by atoms with Gasteiger partial charge in [-0.25, -0.2) is 4.98 Å². The molecule has 0 bridgehead atoms. The Morgan fingerprint density at radius 1 is 0.875 bits per heavy atom. The number of nitrogens with zero attached hydrogens (tertiary/aromatic N) is 5. The Labute approximate surface area is 277 Å². The molecule has 13 heteroatoms. The molecule has 2 aromatic heterocycles. The number of amides is 2. The fourth-order valence-electron chi connectivity index (χ4n) is 6.05. The normalized spacial score (nSPS) is 16.6. The first-order valence-electron chi connectivity index (χ1n) is 16.1. The molecule has 0 radical (unpaired) electrons. The van der Waals surface area contributed by atoms with Crippen LogP contribution in [0.15, 0.2) is 79.0 Å². The summed E-state index contributed by atoms with van der Waals surface area (Å²) in [5.41, 5.74) is 6.21. The predicted molar refractivity (Wildman–Crippen MR) is 186 cm³/mol. The van der Waals surface area contributed by atoms with E-state index in [4.69, 9.17) is 19.4 Å². The standard InChI is InChI=1S/C35H37N9O4/c1-2-29(45)36-25-6-3-5-23(21-25)31-30-32(34(46)37-24-9-11-27(12-10-24)43-13-17-47-18-14-43)41-42-33(30)40-35(39-31)38-26-7-4-8-28(22-26)44-15-19-48-20-16-44/h2,4,6-12,21-22H,1,3,5,13-20H2,(H,36,45)(H,37,46)(H2,38,39,40,41,42). The Bertz CT molecular complexity index is 1890. The lowest BCUT2D eigenvalue weighted by Crippen LogP contribution is -2.36. The highest BCUT2D eigenvalue weighted by Crippen LogP contribution is 2.33. The molecule has 0 spiro atoms. The van der Waals surface area contributed by atoms with Crippen molar-refractivity contribution in [3.05, 3.63) is 90.4 Å². The molecule has 2 saturated heterocycles. The maximum Gasteiger partial charge on any atom is 0.274 e. The summed E-state index contributed by atoms with van der Waals surface area (Å²) < 4.78 is 11.0. The molecule has 48 heavy (non-hydrogen) atoms. The van der Waals surface area contributed by atoms with Gasteiger partial charge >= 0.3 is 0 Å². The molecule has 2 aromatic carbocycles. The Morgan fingerprint density at radius 2 is 1.60 bits per heavy atom. The van der Waals surface area contributed by atoms with E-state index in [0.29, 0.717) is 73.3 Å². The number of hydrogen-bond donors (Lipinski definition) is 4. The fraction of sp³-hybridized carbons (Fsp3) is 0.286. The number of rotatable bonds is 9. The number of benzene rings is 2. The highest BCUT2D eigenvalue weighted by molar-refractivity contribution is 6.13. The number of nitrogens with one attached hydrogen (secondary N) is 4. The number of morpholine rings is 2. The van der Waals surface area contributed by atoms with Gasteiger partial charge in [-0.1, -0.05) is 18.7 Å². The number of aromatic amines is 1. The topological polar surface area (TPSA) is 150 Å². The quantitative estimate of drug-likeness (QED) is 0.193. The van der Waals surface area contributed by atoms with Crippen molar-refractivity contribution >= 4 is 57.1 Å². The van der Waals surface area contributed by atoms with Crippen molar-refractivity contribution in [3.63, 3.8) is 0 Å². The van der Waals surface area contributed by atoms with Crippen LogP contribution < -0.4 is 25.8 Å². The lowest BCUT2D eigenvalue weighted by atomic mass is 9.97. The molecule has 2 fully saturated rings. The molecular weight excluding hydrogens is 610 g/mol. The van der Waals surface area contributed by atoms with Crippen LogP contribution in [0.5, 0.6) is 0 Å². The zero-order chi connectivity index (χ0) is 32.9. The lowest BCUT2D eigenvalue weighted by molar-refractivity contribution is -0.115. The largest absolute Gasteiger partial charge is 0.378 e. The van der Waals surface area contributed by atoms with Gasteiger partial charge in [0.05, 0.1) is 37.5 Å². The number of aromatic nitrogens is 4. The third kappa shape index (κ3) is 6.92. The third-order valence-corrected chi connectivity index (χ3v) is 8.49. The number of carbonyl (C=O) groups excluding carboxylic acids is 2. The monoisotopic (exact) mass is 647 g/mol. The number of carbonyl (C=O) groups is 2. The first kappa shape index (κ1) is 31.1. The van der Waals surface area contributed by atoms with Gasteiger partial charge in [0.1, 0.15) is 5.69 Å². The molecule has 0 unspecified atom stereocenters. The van der Waals surface area contributed by atoms with E-state index in [-0.39, 0.29) is 17.5 Å². The molecule has 4 N–H and O–H groups in total. The summed E-state index contributed by atoms with van der Waals surface area (Å²) in [5.74, 6) is -0.342. The van der Waals surface area contributed by atoms with Gasteiger partial charge in [-0.05, 0) is 73.0 Å². The predicted octanol–water partition coefficient (Wildman–Crippen LogP) is 4.39. The van der Waals surface area contributed by atoms with E-state index in [0.717, 1.165) is 48.8 Å². The highest BCUT2D eigenvalue weighted by atomic mass is 16.5. The van der Waals surface area contributed by atoms with E-state index >= 15 is 0 Å². The van der Waals surface area contributed by atoms with Crippen LogP contribution in [0.1, 0.15) is 29.0 Å². The van der Waals surface area contributed by atoms with Gasteiger partial charge in [-0.2, -0.15) is 10.1 Å². The van der Waals surface area contributed by atoms with Crippen LogP contribution in [0.2, 0.25) is 0 Å². The summed E-state index contributed by atoms with van der Waals surface area (Å²) in [7, 11) is 0. The summed E-state index contributed by atoms with van der Waals surface area (Å²) in [4.78, 5) is 40.0. The van der Waals surface area contributed by atoms with Crippen LogP contribution in [0.3, 0.4) is 0 Å². The van der Waals surface area contributed by atoms with Crippen LogP contribution in [0.25, 0.3) is 16.6 Å². The van der Waals surface area contributed by atoms with E-state index in [1.54, 1.807) is 0 Å². The van der Waals surface area contributed by atoms with Gasteiger partial charge in [0.15, 0.2) is 5.65 Å². The second-order valence-corrected chi connectivity index (χ2v) is 11.6. The Morgan fingerprint density at radius 3 is 2.33 bits per heavy atom. The molecule has 13 nitrogen and oxygen atoms in total. The van der Waals surface area contributed by atoms with Crippen molar-refractivity contribution in [2.45, 2.75) is 12.8 Å². The minimum Gasteiger partial charge on any atom is -0.378 e. The maximum atomic E-state index is 13.7. The molecule has 0 atom stereocenters. The van der Waals surface area contributed by atoms with Crippen LogP contribution in [0, 0.1) is 0 Å². The number of hydrogen-bond acceptors (Lipinski definition) is 10. The van der Waals surface area contributed by atoms with Crippen molar-refractivity contribution in [2.75, 3.05) is 73.0 Å². The zero-order valence-corrected chi connectivity index (χ0v) is 26.5.